The first-order valence-electron chi connectivity index (χ1n) is 6.65. The molecule has 0 aromatic carbocycles. The zero-order valence-corrected chi connectivity index (χ0v) is 12.7. The molecule has 0 spiro atoms. The molecule has 1 aromatic rings. The second kappa shape index (κ2) is 8.45. The van der Waals surface area contributed by atoms with E-state index in [0.29, 0.717) is 6.04 Å². The van der Waals surface area contributed by atoms with Gasteiger partial charge in [0.1, 0.15) is 0 Å². The van der Waals surface area contributed by atoms with Crippen LogP contribution in [0.25, 0.3) is 0 Å². The molecule has 1 N–H and O–H groups in total. The van der Waals surface area contributed by atoms with Crippen molar-refractivity contribution in [1.29, 1.82) is 0 Å². The highest BCUT2D eigenvalue weighted by molar-refractivity contribution is 7.15. The van der Waals surface area contributed by atoms with Crippen LogP contribution < -0.4 is 10.2 Å². The van der Waals surface area contributed by atoms with E-state index in [0.717, 1.165) is 37.8 Å². The van der Waals surface area contributed by atoms with E-state index in [1.54, 1.807) is 18.4 Å². The summed E-state index contributed by atoms with van der Waals surface area (Å²) in [6.45, 7) is 10.2. The molecule has 1 aromatic heterocycles. The first kappa shape index (κ1) is 15.4. The van der Waals surface area contributed by atoms with Crippen molar-refractivity contribution in [3.8, 4) is 0 Å². The molecule has 18 heavy (non-hydrogen) atoms. The molecule has 1 heterocycles. The van der Waals surface area contributed by atoms with Crippen molar-refractivity contribution in [2.24, 2.45) is 0 Å². The Morgan fingerprint density at radius 2 is 2.28 bits per heavy atom. The fourth-order valence-electron chi connectivity index (χ4n) is 1.68. The Hall–Kier alpha value is -0.650. The number of hydrogen-bond donors (Lipinski definition) is 1. The van der Waals surface area contributed by atoms with Crippen LogP contribution in [0.4, 0.5) is 5.13 Å². The fourth-order valence-corrected chi connectivity index (χ4v) is 2.71. The van der Waals surface area contributed by atoms with Crippen LogP contribution in [0.15, 0.2) is 6.20 Å². The van der Waals surface area contributed by atoms with Crippen LogP contribution >= 0.6 is 11.3 Å². The lowest BCUT2D eigenvalue weighted by Crippen LogP contribution is -2.26. The van der Waals surface area contributed by atoms with E-state index in [9.17, 15) is 0 Å². The number of thiazole rings is 1. The molecule has 0 aliphatic heterocycles. The van der Waals surface area contributed by atoms with Crippen molar-refractivity contribution in [1.82, 2.24) is 10.3 Å². The molecular formula is C13H25N3OS. The predicted octanol–water partition coefficient (Wildman–Crippen LogP) is 2.68. The van der Waals surface area contributed by atoms with Crippen LogP contribution in [-0.4, -0.2) is 38.3 Å². The minimum Gasteiger partial charge on any atom is -0.383 e. The third kappa shape index (κ3) is 4.55. The summed E-state index contributed by atoms with van der Waals surface area (Å²) in [5.74, 6) is 0. The molecule has 1 atom stereocenters. The van der Waals surface area contributed by atoms with E-state index in [2.05, 4.69) is 36.0 Å². The van der Waals surface area contributed by atoms with Gasteiger partial charge in [0.2, 0.25) is 0 Å². The third-order valence-corrected chi connectivity index (χ3v) is 4.10. The largest absolute Gasteiger partial charge is 0.383 e. The van der Waals surface area contributed by atoms with Crippen molar-refractivity contribution < 1.29 is 4.74 Å². The number of anilines is 1. The van der Waals surface area contributed by atoms with Gasteiger partial charge >= 0.3 is 0 Å². The van der Waals surface area contributed by atoms with Gasteiger partial charge in [-0.05, 0) is 26.8 Å². The number of nitrogens with zero attached hydrogens (tertiary/aromatic N) is 2. The van der Waals surface area contributed by atoms with Crippen LogP contribution in [-0.2, 0) is 4.74 Å². The molecule has 0 saturated carbocycles. The lowest BCUT2D eigenvalue weighted by atomic mass is 10.3. The number of likely N-dealkylation sites (N-methyl/N-ethyl adjacent to an activating group) is 1. The van der Waals surface area contributed by atoms with Crippen LogP contribution in [0.5, 0.6) is 0 Å². The Labute approximate surface area is 114 Å². The average Bonchev–Trinajstić information content (AvgIpc) is 2.86. The normalized spacial score (nSPS) is 12.7. The Morgan fingerprint density at radius 3 is 2.89 bits per heavy atom. The standard InChI is InChI=1S/C13H25N3OS/c1-5-7-14-11(3)12-10-15-13(18-12)16(6-2)8-9-17-4/h10-11,14H,5-9H2,1-4H3. The van der Waals surface area contributed by atoms with Crippen molar-refractivity contribution in [2.45, 2.75) is 33.2 Å². The Bertz CT molecular complexity index is 330. The second-order valence-corrected chi connectivity index (χ2v) is 5.33. The van der Waals surface area contributed by atoms with Gasteiger partial charge < -0.3 is 15.0 Å². The summed E-state index contributed by atoms with van der Waals surface area (Å²) in [5, 5.41) is 4.58. The van der Waals surface area contributed by atoms with Crippen molar-refractivity contribution in [3.05, 3.63) is 11.1 Å². The van der Waals surface area contributed by atoms with Crippen LogP contribution in [0.3, 0.4) is 0 Å². The molecular weight excluding hydrogens is 246 g/mol. The maximum absolute atomic E-state index is 5.13. The molecule has 0 aliphatic carbocycles. The maximum atomic E-state index is 5.13. The fraction of sp³-hybridized carbons (Fsp3) is 0.769. The molecule has 0 amide bonds. The average molecular weight is 271 g/mol. The summed E-state index contributed by atoms with van der Waals surface area (Å²) in [6, 6.07) is 0.386. The Morgan fingerprint density at radius 1 is 1.50 bits per heavy atom. The molecule has 4 nitrogen and oxygen atoms in total. The van der Waals surface area contributed by atoms with Gasteiger partial charge in [0, 0.05) is 37.3 Å². The number of ether oxygens (including phenoxy) is 1. The smallest absolute Gasteiger partial charge is 0.185 e. The molecule has 0 bridgehead atoms. The van der Waals surface area contributed by atoms with Crippen molar-refractivity contribution in [2.75, 3.05) is 38.3 Å². The predicted molar refractivity (Wildman–Crippen MR) is 78.6 cm³/mol. The zero-order valence-electron chi connectivity index (χ0n) is 11.9. The van der Waals surface area contributed by atoms with Gasteiger partial charge in [0.05, 0.1) is 6.61 Å². The Kier molecular flexibility index (Phi) is 7.23. The van der Waals surface area contributed by atoms with Gasteiger partial charge in [-0.3, -0.25) is 0 Å². The van der Waals surface area contributed by atoms with Gasteiger partial charge in [-0.2, -0.15) is 0 Å². The van der Waals surface area contributed by atoms with E-state index >= 15 is 0 Å². The summed E-state index contributed by atoms with van der Waals surface area (Å²) in [6.07, 6.45) is 3.15. The van der Waals surface area contributed by atoms with Crippen molar-refractivity contribution in [3.63, 3.8) is 0 Å². The minimum atomic E-state index is 0.386. The van der Waals surface area contributed by atoms with Crippen LogP contribution in [0.1, 0.15) is 38.1 Å². The quantitative estimate of drug-likeness (QED) is 0.749. The number of nitrogens with one attached hydrogen (secondary N) is 1. The number of rotatable bonds is 9. The van der Waals surface area contributed by atoms with Gasteiger partial charge in [0.25, 0.3) is 0 Å². The highest BCUT2D eigenvalue weighted by atomic mass is 32.1. The molecule has 1 rings (SSSR count). The summed E-state index contributed by atoms with van der Waals surface area (Å²) in [7, 11) is 1.73. The molecule has 1 unspecified atom stereocenters. The molecule has 0 radical (unpaired) electrons. The molecule has 5 heteroatoms. The summed E-state index contributed by atoms with van der Waals surface area (Å²) in [5.41, 5.74) is 0. The zero-order chi connectivity index (χ0) is 13.4. The number of methoxy groups -OCH3 is 1. The summed E-state index contributed by atoms with van der Waals surface area (Å²) in [4.78, 5) is 8.07. The monoisotopic (exact) mass is 271 g/mol. The SMILES string of the molecule is CCCNC(C)c1cnc(N(CC)CCOC)s1. The van der Waals surface area contributed by atoms with Crippen LogP contribution in [0, 0.1) is 0 Å². The number of hydrogen-bond acceptors (Lipinski definition) is 5. The lowest BCUT2D eigenvalue weighted by molar-refractivity contribution is 0.205. The maximum Gasteiger partial charge on any atom is 0.185 e. The van der Waals surface area contributed by atoms with E-state index in [4.69, 9.17) is 4.74 Å². The topological polar surface area (TPSA) is 37.4 Å². The summed E-state index contributed by atoms with van der Waals surface area (Å²) < 4.78 is 5.13. The Balaban J connectivity index is 2.59. The number of aromatic nitrogens is 1. The third-order valence-electron chi connectivity index (χ3n) is 2.86. The lowest BCUT2D eigenvalue weighted by Gasteiger charge is -2.19. The first-order chi connectivity index (χ1) is 8.72. The second-order valence-electron chi connectivity index (χ2n) is 4.29. The molecule has 0 fully saturated rings. The van der Waals surface area contributed by atoms with E-state index in [-0.39, 0.29) is 0 Å². The van der Waals surface area contributed by atoms with Crippen LogP contribution in [0.2, 0.25) is 0 Å². The molecule has 0 saturated heterocycles. The van der Waals surface area contributed by atoms with Crippen molar-refractivity contribution >= 4 is 16.5 Å². The van der Waals surface area contributed by atoms with Gasteiger partial charge in [-0.15, -0.1) is 11.3 Å². The highest BCUT2D eigenvalue weighted by Crippen LogP contribution is 2.26. The van der Waals surface area contributed by atoms with E-state index in [1.165, 1.54) is 4.88 Å². The minimum absolute atomic E-state index is 0.386. The first-order valence-corrected chi connectivity index (χ1v) is 7.47. The van der Waals surface area contributed by atoms with Gasteiger partial charge in [-0.1, -0.05) is 6.92 Å². The summed E-state index contributed by atoms with van der Waals surface area (Å²) >= 11 is 1.77. The van der Waals surface area contributed by atoms with E-state index < -0.39 is 0 Å². The highest BCUT2D eigenvalue weighted by Gasteiger charge is 2.12. The van der Waals surface area contributed by atoms with E-state index in [1.807, 2.05) is 6.20 Å². The molecule has 104 valence electrons. The van der Waals surface area contributed by atoms with Gasteiger partial charge in [0.15, 0.2) is 5.13 Å². The molecule has 0 aliphatic rings. The van der Waals surface area contributed by atoms with Gasteiger partial charge in [-0.25, -0.2) is 4.98 Å².